The Balaban J connectivity index is 0.00000484. The Labute approximate surface area is 253 Å². The van der Waals surface area contributed by atoms with Gasteiger partial charge in [0.15, 0.2) is 0 Å². The zero-order valence-electron chi connectivity index (χ0n) is 24.0. The van der Waals surface area contributed by atoms with E-state index in [2.05, 4.69) is 29.2 Å². The number of hydrogen-bond donors (Lipinski definition) is 2. The summed E-state index contributed by atoms with van der Waals surface area (Å²) in [5.74, 6) is -0.947. The summed E-state index contributed by atoms with van der Waals surface area (Å²) < 4.78 is 20.3. The molecule has 8 heteroatoms. The predicted molar refractivity (Wildman–Crippen MR) is 164 cm³/mol. The predicted octanol–water partition coefficient (Wildman–Crippen LogP) is 7.87. The smallest absolute Gasteiger partial charge is 0.335 e. The maximum absolute atomic E-state index is 14.2. The van der Waals surface area contributed by atoms with Gasteiger partial charge in [0.25, 0.3) is 0 Å². The standard InChI is InChI=1S/C34H40FNO5.ClH/c35-31-18-17-29(32(22-31)41-24-26-11-13-28(14-12-26)27-6-2-1-3-7-27)19-21-36(20-5-4-8-33(37)38)23-25-9-15-30(16-10-25)34(39)40;/h9-18,22,27H,1-8,19-21,23-24H2,(H,37,38)(H,39,40);1H. The molecule has 0 heterocycles. The average Bonchev–Trinajstić information content (AvgIpc) is 2.98. The zero-order chi connectivity index (χ0) is 29.0. The quantitative estimate of drug-likeness (QED) is 0.173. The fourth-order valence-corrected chi connectivity index (χ4v) is 5.52. The van der Waals surface area contributed by atoms with Gasteiger partial charge < -0.3 is 14.9 Å². The van der Waals surface area contributed by atoms with Crippen molar-refractivity contribution >= 4 is 24.3 Å². The summed E-state index contributed by atoms with van der Waals surface area (Å²) in [6.07, 6.45) is 8.50. The molecule has 1 aliphatic carbocycles. The Morgan fingerprint density at radius 1 is 0.857 bits per heavy atom. The highest BCUT2D eigenvalue weighted by molar-refractivity contribution is 5.87. The van der Waals surface area contributed by atoms with E-state index < -0.39 is 11.9 Å². The molecule has 42 heavy (non-hydrogen) atoms. The van der Waals surface area contributed by atoms with Crippen LogP contribution in [-0.4, -0.2) is 40.1 Å². The molecule has 0 aromatic heterocycles. The van der Waals surface area contributed by atoms with Crippen LogP contribution in [0.25, 0.3) is 0 Å². The minimum atomic E-state index is -0.967. The summed E-state index contributed by atoms with van der Waals surface area (Å²) in [6.45, 7) is 2.30. The normalized spacial score (nSPS) is 13.5. The summed E-state index contributed by atoms with van der Waals surface area (Å²) in [5.41, 5.74) is 4.55. The fourth-order valence-electron chi connectivity index (χ4n) is 5.52. The Morgan fingerprint density at radius 3 is 2.21 bits per heavy atom. The summed E-state index contributed by atoms with van der Waals surface area (Å²) in [4.78, 5) is 24.4. The lowest BCUT2D eigenvalue weighted by molar-refractivity contribution is -0.137. The van der Waals surface area contributed by atoms with Crippen molar-refractivity contribution in [3.8, 4) is 5.75 Å². The molecule has 0 atom stereocenters. The van der Waals surface area contributed by atoms with E-state index in [0.29, 0.717) is 50.8 Å². The van der Waals surface area contributed by atoms with Gasteiger partial charge in [0.2, 0.25) is 0 Å². The maximum Gasteiger partial charge on any atom is 0.335 e. The molecule has 226 valence electrons. The molecule has 0 aliphatic heterocycles. The molecule has 1 aliphatic rings. The number of halogens is 2. The number of hydrogen-bond acceptors (Lipinski definition) is 4. The molecular formula is C34H41ClFNO5. The van der Waals surface area contributed by atoms with Crippen molar-refractivity contribution in [3.05, 3.63) is 100 Å². The van der Waals surface area contributed by atoms with Crippen molar-refractivity contribution in [1.82, 2.24) is 4.90 Å². The molecule has 3 aromatic rings. The van der Waals surface area contributed by atoms with E-state index in [-0.39, 0.29) is 30.2 Å². The van der Waals surface area contributed by atoms with Crippen LogP contribution in [0.15, 0.2) is 66.7 Å². The molecule has 0 radical (unpaired) electrons. The van der Waals surface area contributed by atoms with E-state index >= 15 is 0 Å². The first kappa shape index (κ1) is 33.1. The molecule has 0 saturated heterocycles. The van der Waals surface area contributed by atoms with Gasteiger partial charge in [-0.1, -0.05) is 61.7 Å². The molecule has 0 unspecified atom stereocenters. The number of aromatic carboxylic acids is 1. The molecule has 2 N–H and O–H groups in total. The van der Waals surface area contributed by atoms with Gasteiger partial charge >= 0.3 is 11.9 Å². The maximum atomic E-state index is 14.2. The summed E-state index contributed by atoms with van der Waals surface area (Å²) in [7, 11) is 0. The number of ether oxygens (including phenoxy) is 1. The topological polar surface area (TPSA) is 87.1 Å². The van der Waals surface area contributed by atoms with Gasteiger partial charge in [-0.25, -0.2) is 9.18 Å². The molecule has 0 spiro atoms. The third-order valence-electron chi connectivity index (χ3n) is 7.90. The van der Waals surface area contributed by atoms with Crippen LogP contribution in [0.5, 0.6) is 5.75 Å². The second kappa shape index (κ2) is 16.9. The Bertz CT molecular complexity index is 1280. The van der Waals surface area contributed by atoms with Gasteiger partial charge in [-0.3, -0.25) is 9.69 Å². The van der Waals surface area contributed by atoms with Gasteiger partial charge in [-0.2, -0.15) is 0 Å². The third-order valence-corrected chi connectivity index (χ3v) is 7.90. The highest BCUT2D eigenvalue weighted by Gasteiger charge is 2.16. The molecular weight excluding hydrogens is 557 g/mol. The van der Waals surface area contributed by atoms with E-state index in [1.807, 2.05) is 0 Å². The Morgan fingerprint density at radius 2 is 1.55 bits per heavy atom. The van der Waals surface area contributed by atoms with Crippen molar-refractivity contribution < 1.29 is 28.9 Å². The van der Waals surface area contributed by atoms with Gasteiger partial charge in [-0.05, 0) is 85.0 Å². The largest absolute Gasteiger partial charge is 0.489 e. The highest BCUT2D eigenvalue weighted by Crippen LogP contribution is 2.32. The SMILES string of the molecule is Cl.O=C(O)CCCCN(CCc1ccc(F)cc1OCc1ccc(C2CCCCC2)cc1)Cc1ccc(C(=O)O)cc1. The lowest BCUT2D eigenvalue weighted by Gasteiger charge is -2.23. The minimum absolute atomic E-state index is 0. The second-order valence-corrected chi connectivity index (χ2v) is 11.0. The number of carboxylic acid groups (broad SMARTS) is 2. The van der Waals surface area contributed by atoms with Gasteiger partial charge in [0, 0.05) is 25.6 Å². The number of rotatable bonds is 15. The Hall–Kier alpha value is -3.42. The van der Waals surface area contributed by atoms with Crippen LogP contribution in [0.3, 0.4) is 0 Å². The van der Waals surface area contributed by atoms with Gasteiger partial charge in [0.05, 0.1) is 5.56 Å². The average molecular weight is 598 g/mol. The van der Waals surface area contributed by atoms with Crippen LogP contribution in [0.4, 0.5) is 4.39 Å². The van der Waals surface area contributed by atoms with E-state index in [1.165, 1.54) is 49.8 Å². The molecule has 1 saturated carbocycles. The van der Waals surface area contributed by atoms with Crippen molar-refractivity contribution in [2.24, 2.45) is 0 Å². The van der Waals surface area contributed by atoms with Crippen LogP contribution in [0.2, 0.25) is 0 Å². The van der Waals surface area contributed by atoms with Crippen LogP contribution < -0.4 is 4.74 Å². The number of carboxylic acids is 2. The Kier molecular flexibility index (Phi) is 13.3. The van der Waals surface area contributed by atoms with Crippen LogP contribution >= 0.6 is 12.4 Å². The monoisotopic (exact) mass is 597 g/mol. The first-order valence-corrected chi connectivity index (χ1v) is 14.6. The van der Waals surface area contributed by atoms with Gasteiger partial charge in [0.1, 0.15) is 18.2 Å². The lowest BCUT2D eigenvalue weighted by Crippen LogP contribution is -2.27. The van der Waals surface area contributed by atoms with E-state index in [1.54, 1.807) is 30.3 Å². The van der Waals surface area contributed by atoms with E-state index in [9.17, 15) is 19.1 Å². The molecule has 0 bridgehead atoms. The van der Waals surface area contributed by atoms with Crippen LogP contribution in [-0.2, 0) is 24.4 Å². The number of carbonyl (C=O) groups is 2. The lowest BCUT2D eigenvalue weighted by atomic mass is 9.84. The number of nitrogens with zero attached hydrogens (tertiary/aromatic N) is 1. The molecule has 3 aromatic carbocycles. The second-order valence-electron chi connectivity index (χ2n) is 11.0. The number of unbranched alkanes of at least 4 members (excludes halogenated alkanes) is 1. The summed E-state index contributed by atoms with van der Waals surface area (Å²) in [6, 6.07) is 20.1. The van der Waals surface area contributed by atoms with Crippen molar-refractivity contribution in [2.45, 2.75) is 76.9 Å². The summed E-state index contributed by atoms with van der Waals surface area (Å²) in [5, 5.41) is 18.2. The van der Waals surface area contributed by atoms with E-state index in [0.717, 1.165) is 23.1 Å². The number of benzene rings is 3. The first-order chi connectivity index (χ1) is 19.9. The molecule has 1 fully saturated rings. The molecule has 4 rings (SSSR count). The zero-order valence-corrected chi connectivity index (χ0v) is 24.8. The highest BCUT2D eigenvalue weighted by atomic mass is 35.5. The molecule has 0 amide bonds. The third kappa shape index (κ3) is 10.4. The fraction of sp³-hybridized carbons (Fsp3) is 0.412. The van der Waals surface area contributed by atoms with E-state index in [4.69, 9.17) is 9.84 Å². The first-order valence-electron chi connectivity index (χ1n) is 14.6. The molecule has 6 nitrogen and oxygen atoms in total. The van der Waals surface area contributed by atoms with Crippen LogP contribution in [0, 0.1) is 5.82 Å². The number of aliphatic carboxylic acids is 1. The van der Waals surface area contributed by atoms with Crippen LogP contribution in [0.1, 0.15) is 89.9 Å². The van der Waals surface area contributed by atoms with Crippen molar-refractivity contribution in [2.75, 3.05) is 13.1 Å². The van der Waals surface area contributed by atoms with Crippen molar-refractivity contribution in [1.29, 1.82) is 0 Å². The van der Waals surface area contributed by atoms with Gasteiger partial charge in [-0.15, -0.1) is 12.4 Å². The summed E-state index contributed by atoms with van der Waals surface area (Å²) >= 11 is 0. The van der Waals surface area contributed by atoms with Crippen molar-refractivity contribution in [3.63, 3.8) is 0 Å². The minimum Gasteiger partial charge on any atom is -0.489 e.